The van der Waals surface area contributed by atoms with Gasteiger partial charge in [0.25, 0.3) is 6.10 Å². The van der Waals surface area contributed by atoms with Crippen LogP contribution in [0.5, 0.6) is 5.75 Å². The maximum Gasteiger partial charge on any atom is 0.434 e. The largest absolute Gasteiger partial charge is 0.470 e. The van der Waals surface area contributed by atoms with E-state index in [2.05, 4.69) is 9.72 Å². The molecule has 0 aliphatic heterocycles. The third kappa shape index (κ3) is 3.75. The van der Waals surface area contributed by atoms with E-state index in [1.807, 2.05) is 0 Å². The first-order valence-electron chi connectivity index (χ1n) is 4.01. The van der Waals surface area contributed by atoms with E-state index in [4.69, 9.17) is 0 Å². The van der Waals surface area contributed by atoms with Crippen LogP contribution in [0.3, 0.4) is 0 Å². The summed E-state index contributed by atoms with van der Waals surface area (Å²) in [4.78, 5) is 3.07. The Morgan fingerprint density at radius 1 is 1.00 bits per heavy atom. The molecular formula is C8H4F7NO. The van der Waals surface area contributed by atoms with Gasteiger partial charge in [-0.05, 0) is 0 Å². The Bertz CT molecular complexity index is 372. The van der Waals surface area contributed by atoms with E-state index in [0.29, 0.717) is 18.5 Å². The number of nitrogens with zero attached hydrogens (tertiary/aromatic N) is 1. The number of aromatic nitrogens is 1. The highest BCUT2D eigenvalue weighted by Crippen LogP contribution is 2.36. The van der Waals surface area contributed by atoms with Crippen LogP contribution in [-0.2, 0) is 0 Å². The highest BCUT2D eigenvalue weighted by atomic mass is 19.4. The smallest absolute Gasteiger partial charge is 0.434 e. The Balaban J connectivity index is 2.96. The number of ether oxygens (including phenoxy) is 1. The second-order valence-electron chi connectivity index (χ2n) is 2.92. The van der Waals surface area contributed by atoms with Crippen LogP contribution < -0.4 is 4.74 Å². The summed E-state index contributed by atoms with van der Waals surface area (Å²) in [5, 5.41) is 0. The van der Waals surface area contributed by atoms with Gasteiger partial charge >= 0.3 is 12.4 Å². The Morgan fingerprint density at radius 3 is 1.94 bits per heavy atom. The molecule has 0 saturated carbocycles. The van der Waals surface area contributed by atoms with E-state index < -0.39 is 30.0 Å². The maximum atomic E-state index is 12.5. The van der Waals surface area contributed by atoms with Gasteiger partial charge in [0.15, 0.2) is 0 Å². The fourth-order valence-electron chi connectivity index (χ4n) is 0.912. The summed E-state index contributed by atoms with van der Waals surface area (Å²) in [6, 6.07) is 0.372. The third-order valence-corrected chi connectivity index (χ3v) is 1.53. The predicted molar refractivity (Wildman–Crippen MR) is 40.7 cm³/mol. The molecule has 2 nitrogen and oxygen atoms in total. The van der Waals surface area contributed by atoms with Crippen LogP contribution in [0.4, 0.5) is 30.7 Å². The van der Waals surface area contributed by atoms with Gasteiger partial charge in [0, 0.05) is 6.07 Å². The summed E-state index contributed by atoms with van der Waals surface area (Å²) in [5.74, 6) is -2.06. The zero-order valence-electron chi connectivity index (χ0n) is 7.81. The molecule has 0 amide bonds. The number of rotatable bonds is 2. The Hall–Kier alpha value is -1.54. The average molecular weight is 263 g/mol. The summed E-state index contributed by atoms with van der Waals surface area (Å²) < 4.78 is 88.4. The van der Waals surface area contributed by atoms with Crippen LogP contribution in [0.2, 0.25) is 0 Å². The lowest BCUT2D eigenvalue weighted by Gasteiger charge is -2.23. The van der Waals surface area contributed by atoms with Crippen LogP contribution >= 0.6 is 0 Å². The Morgan fingerprint density at radius 2 is 1.53 bits per heavy atom. The molecule has 96 valence electrons. The molecule has 0 unspecified atom stereocenters. The monoisotopic (exact) mass is 263 g/mol. The lowest BCUT2D eigenvalue weighted by atomic mass is 10.3. The lowest BCUT2D eigenvalue weighted by molar-refractivity contribution is -0.299. The van der Waals surface area contributed by atoms with E-state index in [-0.39, 0.29) is 0 Å². The average Bonchev–Trinajstić information content (AvgIpc) is 2.10. The van der Waals surface area contributed by atoms with E-state index in [0.717, 1.165) is 0 Å². The first-order chi connectivity index (χ1) is 7.60. The van der Waals surface area contributed by atoms with Crippen molar-refractivity contribution in [1.29, 1.82) is 0 Å². The van der Waals surface area contributed by atoms with Gasteiger partial charge in [-0.25, -0.2) is 4.39 Å². The predicted octanol–water partition coefficient (Wildman–Crippen LogP) is 3.09. The van der Waals surface area contributed by atoms with Gasteiger partial charge in [-0.1, -0.05) is 0 Å². The second-order valence-corrected chi connectivity index (χ2v) is 2.92. The molecule has 1 aromatic rings. The third-order valence-electron chi connectivity index (χ3n) is 1.53. The highest BCUT2D eigenvalue weighted by molar-refractivity contribution is 5.17. The minimum absolute atomic E-state index is 0.372. The number of halogens is 7. The molecule has 0 aliphatic rings. The van der Waals surface area contributed by atoms with Crippen molar-refractivity contribution in [3.05, 3.63) is 24.3 Å². The van der Waals surface area contributed by atoms with Crippen LogP contribution in [0, 0.1) is 5.82 Å². The summed E-state index contributed by atoms with van der Waals surface area (Å²) in [5.41, 5.74) is 0. The van der Waals surface area contributed by atoms with Crippen molar-refractivity contribution in [2.75, 3.05) is 0 Å². The molecule has 0 radical (unpaired) electrons. The maximum absolute atomic E-state index is 12.5. The molecule has 0 aromatic carbocycles. The van der Waals surface area contributed by atoms with Crippen molar-refractivity contribution in [3.8, 4) is 5.75 Å². The van der Waals surface area contributed by atoms with Gasteiger partial charge in [0.1, 0.15) is 11.6 Å². The summed E-state index contributed by atoms with van der Waals surface area (Å²) >= 11 is 0. The highest BCUT2D eigenvalue weighted by Gasteiger charge is 2.59. The molecule has 1 rings (SSSR count). The Kier molecular flexibility index (Phi) is 3.48. The van der Waals surface area contributed by atoms with Crippen LogP contribution in [0.25, 0.3) is 0 Å². The van der Waals surface area contributed by atoms with Crippen molar-refractivity contribution < 1.29 is 35.5 Å². The van der Waals surface area contributed by atoms with Crippen LogP contribution in [-0.4, -0.2) is 23.4 Å². The molecule has 0 spiro atoms. The van der Waals surface area contributed by atoms with Gasteiger partial charge in [0.05, 0.1) is 12.4 Å². The van der Waals surface area contributed by atoms with Crippen LogP contribution in [0.15, 0.2) is 18.5 Å². The normalized spacial score (nSPS) is 12.9. The van der Waals surface area contributed by atoms with Crippen molar-refractivity contribution in [2.45, 2.75) is 18.5 Å². The van der Waals surface area contributed by atoms with Gasteiger partial charge in [-0.3, -0.25) is 4.98 Å². The van der Waals surface area contributed by atoms with Crippen LogP contribution in [0.1, 0.15) is 0 Å². The molecular weight excluding hydrogens is 259 g/mol. The van der Waals surface area contributed by atoms with Gasteiger partial charge < -0.3 is 4.74 Å². The zero-order chi connectivity index (χ0) is 13.3. The van der Waals surface area contributed by atoms with Gasteiger partial charge in [-0.2, -0.15) is 26.3 Å². The first-order valence-corrected chi connectivity index (χ1v) is 4.01. The molecule has 0 saturated heterocycles. The number of hydrogen-bond acceptors (Lipinski definition) is 2. The van der Waals surface area contributed by atoms with E-state index >= 15 is 0 Å². The fraction of sp³-hybridized carbons (Fsp3) is 0.375. The lowest BCUT2D eigenvalue weighted by Crippen LogP contribution is -2.46. The number of hydrogen-bond donors (Lipinski definition) is 0. The zero-order valence-corrected chi connectivity index (χ0v) is 7.81. The molecule has 1 heterocycles. The van der Waals surface area contributed by atoms with Crippen molar-refractivity contribution in [2.24, 2.45) is 0 Å². The quantitative estimate of drug-likeness (QED) is 0.765. The Labute approximate surface area is 90.0 Å². The minimum atomic E-state index is -5.65. The molecule has 0 atom stereocenters. The first kappa shape index (κ1) is 13.5. The summed E-state index contributed by atoms with van der Waals surface area (Å²) in [6.45, 7) is 0. The molecule has 17 heavy (non-hydrogen) atoms. The summed E-state index contributed by atoms with van der Waals surface area (Å²) in [7, 11) is 0. The van der Waals surface area contributed by atoms with Crippen molar-refractivity contribution in [1.82, 2.24) is 4.98 Å². The number of alkyl halides is 6. The van der Waals surface area contributed by atoms with Gasteiger partial charge in [0.2, 0.25) is 0 Å². The second kappa shape index (κ2) is 4.38. The SMILES string of the molecule is Fc1cncc(OC(C(F)(F)F)C(F)(F)F)c1. The topological polar surface area (TPSA) is 22.1 Å². The number of pyridine rings is 1. The standard InChI is InChI=1S/C8H4F7NO/c9-4-1-5(3-16-2-4)17-6(7(10,11)12)8(13,14)15/h1-3,6H. The molecule has 0 bridgehead atoms. The molecule has 0 N–H and O–H groups in total. The fourth-order valence-corrected chi connectivity index (χ4v) is 0.912. The minimum Gasteiger partial charge on any atom is -0.470 e. The summed E-state index contributed by atoms with van der Waals surface area (Å²) in [6.07, 6.45) is -14.1. The molecule has 1 aromatic heterocycles. The molecule has 0 aliphatic carbocycles. The molecule has 0 fully saturated rings. The van der Waals surface area contributed by atoms with Gasteiger partial charge in [-0.15, -0.1) is 0 Å². The van der Waals surface area contributed by atoms with Crippen molar-refractivity contribution in [3.63, 3.8) is 0 Å². The van der Waals surface area contributed by atoms with Crippen molar-refractivity contribution >= 4 is 0 Å². The molecule has 9 heteroatoms. The van der Waals surface area contributed by atoms with E-state index in [1.54, 1.807) is 0 Å². The van der Waals surface area contributed by atoms with E-state index in [1.165, 1.54) is 0 Å². The van der Waals surface area contributed by atoms with E-state index in [9.17, 15) is 30.7 Å².